The summed E-state index contributed by atoms with van der Waals surface area (Å²) in [5.41, 5.74) is 5.17. The summed E-state index contributed by atoms with van der Waals surface area (Å²) in [5, 5.41) is 2.94. The standard InChI is InChI=1S/C16H28N4O6S/c1-12(9-15(17)22)10-16(23)20(13-3-2-4-18-11-14(13)21)27(24,25)19-5-7-26-8-6-19/h12-13,18H,2-11H2,1H3,(H2,17,22)/t12-,13?/m0/s1. The van der Waals surface area contributed by atoms with Gasteiger partial charge in [-0.3, -0.25) is 14.4 Å². The molecule has 2 saturated heterocycles. The van der Waals surface area contributed by atoms with Crippen LogP contribution < -0.4 is 11.1 Å². The molecule has 0 aromatic rings. The van der Waals surface area contributed by atoms with Crippen molar-refractivity contribution in [2.24, 2.45) is 11.7 Å². The summed E-state index contributed by atoms with van der Waals surface area (Å²) < 4.78 is 33.5. The van der Waals surface area contributed by atoms with Crippen molar-refractivity contribution < 1.29 is 27.5 Å². The number of morpholine rings is 1. The van der Waals surface area contributed by atoms with E-state index in [4.69, 9.17) is 10.5 Å². The molecule has 154 valence electrons. The Kier molecular flexibility index (Phi) is 7.71. The number of carbonyl (C=O) groups is 3. The Morgan fingerprint density at radius 2 is 2.00 bits per heavy atom. The highest BCUT2D eigenvalue weighted by Gasteiger charge is 2.42. The molecule has 2 rings (SSSR count). The Labute approximate surface area is 159 Å². The maximum absolute atomic E-state index is 13.2. The third kappa shape index (κ3) is 5.71. The zero-order valence-corrected chi connectivity index (χ0v) is 16.4. The van der Waals surface area contributed by atoms with E-state index in [1.165, 1.54) is 4.31 Å². The van der Waals surface area contributed by atoms with Crippen LogP contribution in [0.15, 0.2) is 0 Å². The van der Waals surface area contributed by atoms with Gasteiger partial charge in [0.25, 0.3) is 0 Å². The second-order valence-electron chi connectivity index (χ2n) is 6.99. The van der Waals surface area contributed by atoms with Crippen molar-refractivity contribution in [1.29, 1.82) is 0 Å². The zero-order chi connectivity index (χ0) is 20.0. The van der Waals surface area contributed by atoms with Crippen LogP contribution in [0, 0.1) is 5.92 Å². The quantitative estimate of drug-likeness (QED) is 0.533. The number of rotatable bonds is 7. The van der Waals surface area contributed by atoms with Gasteiger partial charge >= 0.3 is 10.2 Å². The molecule has 0 aromatic carbocycles. The van der Waals surface area contributed by atoms with Gasteiger partial charge in [-0.05, 0) is 25.3 Å². The van der Waals surface area contributed by atoms with Gasteiger partial charge in [0, 0.05) is 25.9 Å². The molecule has 10 nitrogen and oxygen atoms in total. The molecule has 11 heteroatoms. The molecule has 2 aliphatic heterocycles. The van der Waals surface area contributed by atoms with Crippen LogP contribution >= 0.6 is 0 Å². The summed E-state index contributed by atoms with van der Waals surface area (Å²) in [6.07, 6.45) is 0.641. The Morgan fingerprint density at radius 1 is 1.33 bits per heavy atom. The Bertz CT molecular complexity index is 662. The van der Waals surface area contributed by atoms with Crippen molar-refractivity contribution in [3.05, 3.63) is 0 Å². The highest BCUT2D eigenvalue weighted by Crippen LogP contribution is 2.23. The zero-order valence-electron chi connectivity index (χ0n) is 15.6. The number of Topliss-reactive ketones (excluding diaryl/α,β-unsaturated/α-hetero) is 1. The van der Waals surface area contributed by atoms with Crippen LogP contribution in [-0.2, 0) is 29.3 Å². The summed E-state index contributed by atoms with van der Waals surface area (Å²) >= 11 is 0. The third-order valence-corrected chi connectivity index (χ3v) is 6.62. The molecule has 0 saturated carbocycles. The van der Waals surface area contributed by atoms with E-state index in [1.807, 2.05) is 0 Å². The van der Waals surface area contributed by atoms with Crippen molar-refractivity contribution in [2.45, 2.75) is 38.6 Å². The monoisotopic (exact) mass is 404 g/mol. The van der Waals surface area contributed by atoms with E-state index in [0.29, 0.717) is 13.0 Å². The van der Waals surface area contributed by atoms with Gasteiger partial charge < -0.3 is 15.8 Å². The van der Waals surface area contributed by atoms with E-state index in [0.717, 1.165) is 4.31 Å². The molecule has 2 aliphatic rings. The first kappa shape index (κ1) is 21.7. The molecule has 2 atom stereocenters. The predicted molar refractivity (Wildman–Crippen MR) is 96.6 cm³/mol. The first-order valence-electron chi connectivity index (χ1n) is 9.15. The highest BCUT2D eigenvalue weighted by molar-refractivity contribution is 7.87. The molecule has 3 N–H and O–H groups in total. The smallest absolute Gasteiger partial charge is 0.307 e. The lowest BCUT2D eigenvalue weighted by atomic mass is 10.0. The van der Waals surface area contributed by atoms with Crippen molar-refractivity contribution in [3.63, 3.8) is 0 Å². The Morgan fingerprint density at radius 3 is 2.63 bits per heavy atom. The number of hydrogen-bond donors (Lipinski definition) is 2. The molecular weight excluding hydrogens is 376 g/mol. The molecule has 0 spiro atoms. The van der Waals surface area contributed by atoms with Crippen LogP contribution in [0.5, 0.6) is 0 Å². The predicted octanol–water partition coefficient (Wildman–Crippen LogP) is -1.39. The summed E-state index contributed by atoms with van der Waals surface area (Å²) in [4.78, 5) is 36.6. The molecule has 0 aliphatic carbocycles. The fraction of sp³-hybridized carbons (Fsp3) is 0.812. The number of ketones is 1. The van der Waals surface area contributed by atoms with Gasteiger partial charge in [0.15, 0.2) is 5.78 Å². The Balaban J connectivity index is 2.30. The topological polar surface area (TPSA) is 139 Å². The van der Waals surface area contributed by atoms with Crippen molar-refractivity contribution in [3.8, 4) is 0 Å². The number of nitrogens with one attached hydrogen (secondary N) is 1. The van der Waals surface area contributed by atoms with Crippen LogP contribution in [0.4, 0.5) is 0 Å². The van der Waals surface area contributed by atoms with Crippen LogP contribution in [0.3, 0.4) is 0 Å². The summed E-state index contributed by atoms with van der Waals surface area (Å²) in [6.45, 7) is 2.98. The average molecular weight is 404 g/mol. The molecule has 0 bridgehead atoms. The van der Waals surface area contributed by atoms with Crippen molar-refractivity contribution in [1.82, 2.24) is 13.9 Å². The first-order valence-corrected chi connectivity index (χ1v) is 10.5. The second-order valence-corrected chi connectivity index (χ2v) is 8.80. The number of nitrogens with zero attached hydrogens (tertiary/aromatic N) is 2. The van der Waals surface area contributed by atoms with Crippen LogP contribution in [0.25, 0.3) is 0 Å². The molecule has 2 amide bonds. The fourth-order valence-corrected chi connectivity index (χ4v) is 5.06. The molecule has 0 aromatic heterocycles. The molecule has 27 heavy (non-hydrogen) atoms. The lowest BCUT2D eigenvalue weighted by Gasteiger charge is -2.36. The molecule has 0 radical (unpaired) electrons. The normalized spacial score (nSPS) is 23.4. The number of ether oxygens (including phenoxy) is 1. The van der Waals surface area contributed by atoms with Crippen LogP contribution in [0.2, 0.25) is 0 Å². The molecule has 2 fully saturated rings. The van der Waals surface area contributed by atoms with E-state index in [1.54, 1.807) is 6.92 Å². The van der Waals surface area contributed by atoms with E-state index in [-0.39, 0.29) is 57.9 Å². The minimum atomic E-state index is -4.17. The SMILES string of the molecule is C[C@@H](CC(N)=O)CC(=O)N(C1CCCNCC1=O)S(=O)(=O)N1CCOCC1. The number of primary amides is 1. The second kappa shape index (κ2) is 9.58. The Hall–Kier alpha value is -1.56. The molecule has 1 unspecified atom stereocenters. The van der Waals surface area contributed by atoms with E-state index < -0.39 is 34.0 Å². The van der Waals surface area contributed by atoms with Crippen LogP contribution in [0.1, 0.15) is 32.6 Å². The maximum atomic E-state index is 13.2. The van der Waals surface area contributed by atoms with Crippen LogP contribution in [-0.4, -0.2) is 80.1 Å². The fourth-order valence-electron chi connectivity index (χ4n) is 3.33. The number of amides is 2. The largest absolute Gasteiger partial charge is 0.379 e. The summed E-state index contributed by atoms with van der Waals surface area (Å²) in [5.74, 6) is -2.00. The minimum Gasteiger partial charge on any atom is -0.379 e. The molecular formula is C16H28N4O6S. The lowest BCUT2D eigenvalue weighted by molar-refractivity contribution is -0.135. The van der Waals surface area contributed by atoms with Gasteiger partial charge in [0.05, 0.1) is 19.8 Å². The third-order valence-electron chi connectivity index (χ3n) is 4.65. The first-order chi connectivity index (χ1) is 12.7. The van der Waals surface area contributed by atoms with Gasteiger partial charge in [0.1, 0.15) is 6.04 Å². The van der Waals surface area contributed by atoms with E-state index in [2.05, 4.69) is 5.32 Å². The van der Waals surface area contributed by atoms with Gasteiger partial charge in [-0.2, -0.15) is 12.7 Å². The van der Waals surface area contributed by atoms with Gasteiger partial charge in [-0.15, -0.1) is 0 Å². The minimum absolute atomic E-state index is 0.0178. The highest BCUT2D eigenvalue weighted by atomic mass is 32.2. The van der Waals surface area contributed by atoms with Gasteiger partial charge in [-0.25, -0.2) is 4.31 Å². The number of carbonyl (C=O) groups excluding carboxylic acids is 3. The maximum Gasteiger partial charge on any atom is 0.307 e. The van der Waals surface area contributed by atoms with Crippen molar-refractivity contribution >= 4 is 27.8 Å². The van der Waals surface area contributed by atoms with Crippen molar-refractivity contribution in [2.75, 3.05) is 39.4 Å². The van der Waals surface area contributed by atoms with E-state index >= 15 is 0 Å². The number of hydrogen-bond acceptors (Lipinski definition) is 7. The molecule has 2 heterocycles. The van der Waals surface area contributed by atoms with Gasteiger partial charge in [-0.1, -0.05) is 6.92 Å². The summed E-state index contributed by atoms with van der Waals surface area (Å²) in [6, 6.07) is -1.04. The average Bonchev–Trinajstić information content (AvgIpc) is 2.80. The van der Waals surface area contributed by atoms with Gasteiger partial charge in [0.2, 0.25) is 11.8 Å². The number of nitrogens with two attached hydrogens (primary N) is 1. The van der Waals surface area contributed by atoms with E-state index in [9.17, 15) is 22.8 Å². The summed E-state index contributed by atoms with van der Waals surface area (Å²) in [7, 11) is -4.17. The lowest BCUT2D eigenvalue weighted by Crippen LogP contribution is -2.56.